The first-order valence-corrected chi connectivity index (χ1v) is 12.0. The van der Waals surface area contributed by atoms with Gasteiger partial charge in [-0.1, -0.05) is 79.8 Å². The van der Waals surface area contributed by atoms with Crippen LogP contribution >= 0.6 is 15.8 Å². The van der Waals surface area contributed by atoms with Gasteiger partial charge in [0.2, 0.25) is 0 Å². The molecule has 1 aromatic carbocycles. The summed E-state index contributed by atoms with van der Waals surface area (Å²) in [4.78, 5) is 0. The van der Waals surface area contributed by atoms with Gasteiger partial charge < -0.3 is 5.32 Å². The summed E-state index contributed by atoms with van der Waals surface area (Å²) in [5.74, 6) is 0. The van der Waals surface area contributed by atoms with E-state index in [2.05, 4.69) is 77.2 Å². The Morgan fingerprint density at radius 2 is 1.32 bits per heavy atom. The van der Waals surface area contributed by atoms with Crippen molar-refractivity contribution in [3.8, 4) is 0 Å². The Hall–Kier alpha value is 0.0400. The molecule has 0 amide bonds. The van der Waals surface area contributed by atoms with Crippen LogP contribution in [0.5, 0.6) is 0 Å². The molecule has 0 aliphatic heterocycles. The largest absolute Gasteiger partial charge is 0.316 e. The molecule has 0 aliphatic rings. The highest BCUT2D eigenvalue weighted by Crippen LogP contribution is 2.45. The molecule has 3 heteroatoms. The Morgan fingerprint density at radius 1 is 0.773 bits per heavy atom. The molecule has 0 aliphatic carbocycles. The highest BCUT2D eigenvalue weighted by molar-refractivity contribution is 7.66. The van der Waals surface area contributed by atoms with Crippen molar-refractivity contribution < 1.29 is 0 Å². The van der Waals surface area contributed by atoms with Gasteiger partial charge in [0.25, 0.3) is 0 Å². The fourth-order valence-electron chi connectivity index (χ4n) is 2.95. The van der Waals surface area contributed by atoms with Crippen LogP contribution in [0.2, 0.25) is 0 Å². The minimum atomic E-state index is -0.0288. The maximum absolute atomic E-state index is 3.71. The number of benzene rings is 1. The molecule has 1 N–H and O–H groups in total. The van der Waals surface area contributed by atoms with Crippen LogP contribution < -0.4 is 10.6 Å². The zero-order chi connectivity index (χ0) is 16.5. The number of hydrogen-bond acceptors (Lipinski definition) is 1. The summed E-state index contributed by atoms with van der Waals surface area (Å²) in [5, 5.41) is 5.27. The molecule has 0 saturated carbocycles. The second-order valence-electron chi connectivity index (χ2n) is 6.80. The van der Waals surface area contributed by atoms with Gasteiger partial charge in [0.15, 0.2) is 0 Å². The maximum Gasteiger partial charge on any atom is -0.000625 e. The quantitative estimate of drug-likeness (QED) is 0.462. The SMILES string of the molecule is CC(C)P(CCNCCP(C(C)C)C(C)C)c1ccccc1. The van der Waals surface area contributed by atoms with Gasteiger partial charge in [0.1, 0.15) is 0 Å². The zero-order valence-corrected chi connectivity index (χ0v) is 17.1. The molecule has 0 saturated heterocycles. The molecule has 1 unspecified atom stereocenters. The van der Waals surface area contributed by atoms with Gasteiger partial charge in [-0.2, -0.15) is 0 Å². The Labute approximate surface area is 141 Å². The molecule has 1 aromatic rings. The molecule has 0 aromatic heterocycles. The monoisotopic (exact) mass is 339 g/mol. The van der Waals surface area contributed by atoms with E-state index in [-0.39, 0.29) is 15.8 Å². The van der Waals surface area contributed by atoms with Crippen LogP contribution in [0.4, 0.5) is 0 Å². The third-order valence-corrected chi connectivity index (χ3v) is 10.4. The molecule has 1 atom stereocenters. The predicted octanol–water partition coefficient (Wildman–Crippen LogP) is 5.09. The van der Waals surface area contributed by atoms with E-state index in [1.54, 1.807) is 5.30 Å². The zero-order valence-electron chi connectivity index (χ0n) is 15.3. The summed E-state index contributed by atoms with van der Waals surface area (Å²) in [6.07, 6.45) is 2.67. The first-order valence-electron chi connectivity index (χ1n) is 8.71. The lowest BCUT2D eigenvalue weighted by atomic mass is 10.4. The van der Waals surface area contributed by atoms with Gasteiger partial charge in [-0.15, -0.1) is 7.92 Å². The van der Waals surface area contributed by atoms with E-state index < -0.39 is 0 Å². The van der Waals surface area contributed by atoms with Gasteiger partial charge in [-0.25, -0.2) is 0 Å². The topological polar surface area (TPSA) is 12.0 Å². The van der Waals surface area contributed by atoms with Crippen LogP contribution in [-0.2, 0) is 0 Å². The van der Waals surface area contributed by atoms with E-state index >= 15 is 0 Å². The van der Waals surface area contributed by atoms with Crippen LogP contribution in [0, 0.1) is 0 Å². The first kappa shape index (κ1) is 20.1. The summed E-state index contributed by atoms with van der Waals surface area (Å²) >= 11 is 0. The predicted molar refractivity (Wildman–Crippen MR) is 108 cm³/mol. The van der Waals surface area contributed by atoms with Crippen molar-refractivity contribution >= 4 is 21.1 Å². The highest BCUT2D eigenvalue weighted by Gasteiger charge is 2.17. The van der Waals surface area contributed by atoms with Gasteiger partial charge in [0, 0.05) is 0 Å². The minimum absolute atomic E-state index is 0.0288. The third kappa shape index (κ3) is 7.08. The average Bonchev–Trinajstić information content (AvgIpc) is 2.46. The molecule has 1 rings (SSSR count). The van der Waals surface area contributed by atoms with Crippen molar-refractivity contribution in [1.29, 1.82) is 0 Å². The molecule has 0 spiro atoms. The van der Waals surface area contributed by atoms with Crippen molar-refractivity contribution in [2.24, 2.45) is 0 Å². The van der Waals surface area contributed by atoms with Crippen LogP contribution in [-0.4, -0.2) is 42.4 Å². The summed E-state index contributed by atoms with van der Waals surface area (Å²) in [7, 11) is 0.147. The number of nitrogens with one attached hydrogen (secondary N) is 1. The number of hydrogen-bond donors (Lipinski definition) is 1. The smallest absolute Gasteiger partial charge is 0.000625 e. The highest BCUT2D eigenvalue weighted by atomic mass is 31.1. The molecule has 0 radical (unpaired) electrons. The maximum atomic E-state index is 3.71. The molecule has 0 heterocycles. The van der Waals surface area contributed by atoms with E-state index in [1.165, 1.54) is 18.9 Å². The van der Waals surface area contributed by atoms with Crippen LogP contribution in [0.1, 0.15) is 41.5 Å². The van der Waals surface area contributed by atoms with Crippen LogP contribution in [0.15, 0.2) is 30.3 Å². The van der Waals surface area contributed by atoms with Crippen molar-refractivity contribution in [2.75, 3.05) is 25.4 Å². The molecule has 0 fully saturated rings. The molecule has 126 valence electrons. The second kappa shape index (κ2) is 10.7. The van der Waals surface area contributed by atoms with E-state index in [4.69, 9.17) is 0 Å². The first-order chi connectivity index (χ1) is 10.4. The molecule has 22 heavy (non-hydrogen) atoms. The standard InChI is InChI=1S/C19H35NP2/c1-16(2)21(17(3)4)14-12-20-13-15-22(18(5)6)19-10-8-7-9-11-19/h7-11,16-18,20H,12-15H2,1-6H3. The third-order valence-electron chi connectivity index (χ3n) is 4.11. The van der Waals surface area contributed by atoms with Crippen molar-refractivity contribution in [2.45, 2.75) is 58.5 Å². The Balaban J connectivity index is 2.35. The van der Waals surface area contributed by atoms with Crippen LogP contribution in [0.25, 0.3) is 0 Å². The lowest BCUT2D eigenvalue weighted by molar-refractivity contribution is 0.763. The second-order valence-corrected chi connectivity index (χ2v) is 13.3. The van der Waals surface area contributed by atoms with E-state index in [1.807, 2.05) is 0 Å². The fourth-order valence-corrected chi connectivity index (χ4v) is 7.92. The molecule has 0 bridgehead atoms. The van der Waals surface area contributed by atoms with Gasteiger partial charge in [-0.3, -0.25) is 0 Å². The Kier molecular flexibility index (Phi) is 9.81. The van der Waals surface area contributed by atoms with Crippen molar-refractivity contribution in [3.05, 3.63) is 30.3 Å². The van der Waals surface area contributed by atoms with E-state index in [0.717, 1.165) is 23.5 Å². The fraction of sp³-hybridized carbons (Fsp3) is 0.684. The lowest BCUT2D eigenvalue weighted by Crippen LogP contribution is -2.25. The van der Waals surface area contributed by atoms with Crippen molar-refractivity contribution in [1.82, 2.24) is 5.32 Å². The normalized spacial score (nSPS) is 13.5. The van der Waals surface area contributed by atoms with Crippen LogP contribution in [0.3, 0.4) is 0 Å². The van der Waals surface area contributed by atoms with E-state index in [0.29, 0.717) is 0 Å². The molecular weight excluding hydrogens is 304 g/mol. The molecule has 1 nitrogen and oxygen atoms in total. The Morgan fingerprint density at radius 3 is 1.82 bits per heavy atom. The Bertz CT molecular complexity index is 382. The lowest BCUT2D eigenvalue weighted by Gasteiger charge is -2.26. The number of rotatable bonds is 10. The molecular formula is C19H35NP2. The summed E-state index contributed by atoms with van der Waals surface area (Å²) in [5.41, 5.74) is 2.48. The van der Waals surface area contributed by atoms with Gasteiger partial charge in [0.05, 0.1) is 0 Å². The van der Waals surface area contributed by atoms with Gasteiger partial charge >= 0.3 is 0 Å². The summed E-state index contributed by atoms with van der Waals surface area (Å²) in [6.45, 7) is 16.7. The van der Waals surface area contributed by atoms with Gasteiger partial charge in [-0.05, 0) is 47.7 Å². The van der Waals surface area contributed by atoms with E-state index in [9.17, 15) is 0 Å². The van der Waals surface area contributed by atoms with Crippen molar-refractivity contribution in [3.63, 3.8) is 0 Å². The summed E-state index contributed by atoms with van der Waals surface area (Å²) in [6, 6.07) is 11.1. The minimum Gasteiger partial charge on any atom is -0.316 e. The summed E-state index contributed by atoms with van der Waals surface area (Å²) < 4.78 is 0. The average molecular weight is 339 g/mol.